The van der Waals surface area contributed by atoms with Gasteiger partial charge in [0.2, 0.25) is 0 Å². The van der Waals surface area contributed by atoms with Gasteiger partial charge in [0.15, 0.2) is 0 Å². The van der Waals surface area contributed by atoms with Gasteiger partial charge in [-0.05, 0) is 40.5 Å². The van der Waals surface area contributed by atoms with E-state index >= 15 is 0 Å². The summed E-state index contributed by atoms with van der Waals surface area (Å²) in [5.74, 6) is 0. The molecule has 0 unspecified atom stereocenters. The van der Waals surface area contributed by atoms with E-state index in [-0.39, 0.29) is 0 Å². The number of carbonyl (C=O) groups is 2. The number of ether oxygens (including phenoxy) is 2. The van der Waals surface area contributed by atoms with Crippen LogP contribution >= 0.6 is 0 Å². The van der Waals surface area contributed by atoms with Gasteiger partial charge in [-0.1, -0.05) is 13.8 Å². The summed E-state index contributed by atoms with van der Waals surface area (Å²) in [6.07, 6.45) is -0.939. The molecule has 106 valence electrons. The van der Waals surface area contributed by atoms with Crippen LogP contribution in [-0.2, 0) is 19.2 Å². The standard InChI is InChI=1S/C12H22O6/c1-7-11(3,4)15-9(13)17-18-10(14)16-12(5,6)8-2/h7-8H2,1-6H3. The van der Waals surface area contributed by atoms with Crippen LogP contribution < -0.4 is 0 Å². The minimum atomic E-state index is -1.08. The first-order valence-corrected chi connectivity index (χ1v) is 5.92. The maximum absolute atomic E-state index is 11.2. The number of hydrogen-bond donors (Lipinski definition) is 0. The third-order valence-corrected chi connectivity index (χ3v) is 2.60. The Bertz CT molecular complexity index is 265. The maximum Gasteiger partial charge on any atom is 0.550 e. The Morgan fingerprint density at radius 2 is 1.06 bits per heavy atom. The first-order chi connectivity index (χ1) is 8.12. The van der Waals surface area contributed by atoms with E-state index in [2.05, 4.69) is 9.78 Å². The molecule has 0 saturated carbocycles. The summed E-state index contributed by atoms with van der Waals surface area (Å²) >= 11 is 0. The maximum atomic E-state index is 11.2. The predicted octanol–water partition coefficient (Wildman–Crippen LogP) is 3.59. The zero-order valence-corrected chi connectivity index (χ0v) is 11.9. The Morgan fingerprint density at radius 3 is 1.28 bits per heavy atom. The fourth-order valence-electron chi connectivity index (χ4n) is 0.698. The molecule has 0 aromatic heterocycles. The minimum Gasteiger partial charge on any atom is -0.426 e. The van der Waals surface area contributed by atoms with Gasteiger partial charge in [0.1, 0.15) is 11.2 Å². The Kier molecular flexibility index (Phi) is 5.94. The van der Waals surface area contributed by atoms with Crippen LogP contribution in [0.25, 0.3) is 0 Å². The summed E-state index contributed by atoms with van der Waals surface area (Å²) in [6.45, 7) is 10.6. The van der Waals surface area contributed by atoms with E-state index in [0.29, 0.717) is 12.8 Å². The molecule has 0 N–H and O–H groups in total. The molecule has 0 saturated heterocycles. The molecule has 0 atom stereocenters. The molecule has 0 bridgehead atoms. The molecule has 0 spiro atoms. The molecule has 6 heteroatoms. The second-order valence-electron chi connectivity index (χ2n) is 5.10. The second-order valence-corrected chi connectivity index (χ2v) is 5.10. The molecule has 0 aromatic rings. The summed E-state index contributed by atoms with van der Waals surface area (Å²) in [5.41, 5.74) is -1.35. The van der Waals surface area contributed by atoms with E-state index in [1.54, 1.807) is 27.7 Å². The molecule has 0 aliphatic heterocycles. The molecule has 0 amide bonds. The summed E-state index contributed by atoms with van der Waals surface area (Å²) in [7, 11) is 0. The topological polar surface area (TPSA) is 71.1 Å². The van der Waals surface area contributed by atoms with Gasteiger partial charge in [-0.3, -0.25) is 0 Å². The van der Waals surface area contributed by atoms with Crippen molar-refractivity contribution in [2.24, 2.45) is 0 Å². The van der Waals surface area contributed by atoms with Crippen molar-refractivity contribution < 1.29 is 28.8 Å². The van der Waals surface area contributed by atoms with E-state index in [4.69, 9.17) is 9.47 Å². The van der Waals surface area contributed by atoms with Crippen LogP contribution in [0.4, 0.5) is 9.59 Å². The molecule has 0 aliphatic carbocycles. The molecule has 0 fully saturated rings. The van der Waals surface area contributed by atoms with E-state index in [0.717, 1.165) is 0 Å². The monoisotopic (exact) mass is 262 g/mol. The minimum absolute atomic E-state index is 0.607. The van der Waals surface area contributed by atoms with Gasteiger partial charge in [0, 0.05) is 0 Å². The van der Waals surface area contributed by atoms with E-state index in [1.807, 2.05) is 13.8 Å². The second kappa shape index (κ2) is 6.47. The molecule has 18 heavy (non-hydrogen) atoms. The highest BCUT2D eigenvalue weighted by molar-refractivity contribution is 5.64. The smallest absolute Gasteiger partial charge is 0.426 e. The summed E-state index contributed by atoms with van der Waals surface area (Å²) in [4.78, 5) is 30.8. The molecular weight excluding hydrogens is 240 g/mol. The van der Waals surface area contributed by atoms with E-state index in [9.17, 15) is 9.59 Å². The lowest BCUT2D eigenvalue weighted by Gasteiger charge is -2.23. The molecule has 0 aliphatic rings. The Labute approximate surface area is 107 Å². The molecule has 0 heterocycles. The lowest BCUT2D eigenvalue weighted by molar-refractivity contribution is -0.233. The van der Waals surface area contributed by atoms with Crippen molar-refractivity contribution in [2.45, 2.75) is 65.6 Å². The first kappa shape index (κ1) is 16.5. The SMILES string of the molecule is CCC(C)(C)OC(=O)OOC(=O)OC(C)(C)CC. The van der Waals surface area contributed by atoms with Crippen molar-refractivity contribution >= 4 is 12.3 Å². The van der Waals surface area contributed by atoms with Crippen molar-refractivity contribution in [1.29, 1.82) is 0 Å². The Morgan fingerprint density at radius 1 is 0.778 bits per heavy atom. The largest absolute Gasteiger partial charge is 0.550 e. The molecular formula is C12H22O6. The van der Waals surface area contributed by atoms with Crippen molar-refractivity contribution in [3.05, 3.63) is 0 Å². The van der Waals surface area contributed by atoms with Crippen LogP contribution in [0, 0.1) is 0 Å². The highest BCUT2D eigenvalue weighted by Gasteiger charge is 2.26. The number of hydrogen-bond acceptors (Lipinski definition) is 6. The highest BCUT2D eigenvalue weighted by atomic mass is 17.3. The third-order valence-electron chi connectivity index (χ3n) is 2.60. The summed E-state index contributed by atoms with van der Waals surface area (Å²) in [6, 6.07) is 0. The van der Waals surface area contributed by atoms with Crippen molar-refractivity contribution in [3.63, 3.8) is 0 Å². The quantitative estimate of drug-likeness (QED) is 0.438. The average Bonchev–Trinajstić information content (AvgIpc) is 2.25. The van der Waals surface area contributed by atoms with Crippen LogP contribution in [0.5, 0.6) is 0 Å². The van der Waals surface area contributed by atoms with E-state index < -0.39 is 23.5 Å². The average molecular weight is 262 g/mol. The zero-order chi connectivity index (χ0) is 14.4. The van der Waals surface area contributed by atoms with Gasteiger partial charge in [-0.2, -0.15) is 19.4 Å². The van der Waals surface area contributed by atoms with Gasteiger partial charge in [-0.15, -0.1) is 0 Å². The van der Waals surface area contributed by atoms with Crippen molar-refractivity contribution in [3.8, 4) is 0 Å². The van der Waals surface area contributed by atoms with E-state index in [1.165, 1.54) is 0 Å². The van der Waals surface area contributed by atoms with Crippen LogP contribution in [0.3, 0.4) is 0 Å². The van der Waals surface area contributed by atoms with Crippen LogP contribution in [0.1, 0.15) is 54.4 Å². The zero-order valence-electron chi connectivity index (χ0n) is 11.9. The third kappa shape index (κ3) is 6.98. The van der Waals surface area contributed by atoms with Crippen LogP contribution in [0.15, 0.2) is 0 Å². The first-order valence-electron chi connectivity index (χ1n) is 5.92. The molecule has 0 aromatic carbocycles. The number of rotatable bonds is 4. The fourth-order valence-corrected chi connectivity index (χ4v) is 0.698. The predicted molar refractivity (Wildman–Crippen MR) is 63.9 cm³/mol. The fraction of sp³-hybridized carbons (Fsp3) is 0.833. The lowest BCUT2D eigenvalue weighted by Crippen LogP contribution is -2.30. The Balaban J connectivity index is 4.04. The lowest BCUT2D eigenvalue weighted by atomic mass is 10.1. The summed E-state index contributed by atoms with van der Waals surface area (Å²) < 4.78 is 9.80. The van der Waals surface area contributed by atoms with Crippen molar-refractivity contribution in [2.75, 3.05) is 0 Å². The van der Waals surface area contributed by atoms with Crippen molar-refractivity contribution in [1.82, 2.24) is 0 Å². The summed E-state index contributed by atoms with van der Waals surface area (Å²) in [5, 5.41) is 0. The molecule has 0 radical (unpaired) electrons. The van der Waals surface area contributed by atoms with Gasteiger partial charge in [0.05, 0.1) is 0 Å². The molecule has 0 rings (SSSR count). The number of carbonyl (C=O) groups excluding carboxylic acids is 2. The molecule has 6 nitrogen and oxygen atoms in total. The van der Waals surface area contributed by atoms with Gasteiger partial charge in [0.25, 0.3) is 0 Å². The van der Waals surface area contributed by atoms with Gasteiger partial charge < -0.3 is 9.47 Å². The normalized spacial score (nSPS) is 11.7. The Hall–Kier alpha value is -1.46. The highest BCUT2D eigenvalue weighted by Crippen LogP contribution is 2.16. The van der Waals surface area contributed by atoms with Crippen LogP contribution in [0.2, 0.25) is 0 Å². The van der Waals surface area contributed by atoms with Gasteiger partial charge in [-0.25, -0.2) is 0 Å². The van der Waals surface area contributed by atoms with Crippen LogP contribution in [-0.4, -0.2) is 23.5 Å². The van der Waals surface area contributed by atoms with Gasteiger partial charge >= 0.3 is 12.3 Å².